The molecule has 0 aliphatic carbocycles. The van der Waals surface area contributed by atoms with Crippen molar-refractivity contribution >= 4 is 23.4 Å². The predicted molar refractivity (Wildman–Crippen MR) is 125 cm³/mol. The van der Waals surface area contributed by atoms with Crippen LogP contribution in [0.25, 0.3) is 0 Å². The Labute approximate surface area is 202 Å². The van der Waals surface area contributed by atoms with Gasteiger partial charge in [0.05, 0.1) is 44.2 Å². The molecule has 0 radical (unpaired) electrons. The lowest BCUT2D eigenvalue weighted by Crippen LogP contribution is -2.46. The van der Waals surface area contributed by atoms with Crippen molar-refractivity contribution in [2.45, 2.75) is 18.9 Å². The largest absolute Gasteiger partial charge is 0.493 e. The van der Waals surface area contributed by atoms with Crippen molar-refractivity contribution in [1.82, 2.24) is 4.90 Å². The number of imide groups is 1. The highest BCUT2D eigenvalue weighted by Gasteiger charge is 2.44. The van der Waals surface area contributed by atoms with Crippen molar-refractivity contribution in [3.63, 3.8) is 0 Å². The molecule has 178 valence electrons. The van der Waals surface area contributed by atoms with E-state index in [0.717, 1.165) is 10.5 Å². The van der Waals surface area contributed by atoms with Crippen molar-refractivity contribution in [3.05, 3.63) is 77.7 Å². The van der Waals surface area contributed by atoms with Crippen LogP contribution in [0.1, 0.15) is 28.1 Å². The number of furan rings is 1. The summed E-state index contributed by atoms with van der Waals surface area (Å²) in [6, 6.07) is 15.7. The fraction of sp³-hybridized carbons (Fsp3) is 0.231. The predicted octanol–water partition coefficient (Wildman–Crippen LogP) is 3.19. The van der Waals surface area contributed by atoms with Gasteiger partial charge >= 0.3 is 0 Å². The van der Waals surface area contributed by atoms with Crippen LogP contribution in [0.15, 0.2) is 65.3 Å². The molecular weight excluding hydrogens is 450 g/mol. The van der Waals surface area contributed by atoms with E-state index in [1.807, 2.05) is 12.1 Å². The lowest BCUT2D eigenvalue weighted by Gasteiger charge is -2.27. The van der Waals surface area contributed by atoms with E-state index in [4.69, 9.17) is 19.2 Å². The number of methoxy groups -OCH3 is 2. The second-order valence-electron chi connectivity index (χ2n) is 7.86. The Morgan fingerprint density at radius 2 is 1.86 bits per heavy atom. The monoisotopic (exact) mass is 473 g/mol. The molecule has 1 saturated heterocycles. The normalized spacial score (nSPS) is 15.1. The zero-order valence-electron chi connectivity index (χ0n) is 19.3. The van der Waals surface area contributed by atoms with Crippen LogP contribution in [-0.2, 0) is 16.0 Å². The molecule has 9 nitrogen and oxygen atoms in total. The van der Waals surface area contributed by atoms with Crippen LogP contribution in [0, 0.1) is 11.3 Å². The summed E-state index contributed by atoms with van der Waals surface area (Å²) in [5.74, 6) is -0.208. The number of carbonyl (C=O) groups is 3. The molecular formula is C26H23N3O6. The minimum absolute atomic E-state index is 0.0781. The van der Waals surface area contributed by atoms with E-state index in [0.29, 0.717) is 29.2 Å². The van der Waals surface area contributed by atoms with E-state index >= 15 is 0 Å². The Hall–Kier alpha value is -4.58. The average molecular weight is 473 g/mol. The fourth-order valence-corrected chi connectivity index (χ4v) is 4.04. The zero-order chi connectivity index (χ0) is 24.9. The highest BCUT2D eigenvalue weighted by molar-refractivity contribution is 6.23. The fourth-order valence-electron chi connectivity index (χ4n) is 4.04. The minimum Gasteiger partial charge on any atom is -0.493 e. The van der Waals surface area contributed by atoms with Crippen molar-refractivity contribution in [3.8, 4) is 17.6 Å². The third-order valence-corrected chi connectivity index (χ3v) is 5.84. The van der Waals surface area contributed by atoms with Gasteiger partial charge < -0.3 is 18.8 Å². The van der Waals surface area contributed by atoms with E-state index in [-0.39, 0.29) is 18.7 Å². The molecule has 1 atom stereocenters. The van der Waals surface area contributed by atoms with Gasteiger partial charge in [0.15, 0.2) is 17.3 Å². The topological polar surface area (TPSA) is 113 Å². The lowest BCUT2D eigenvalue weighted by molar-refractivity contribution is -0.122. The van der Waals surface area contributed by atoms with E-state index in [9.17, 15) is 14.4 Å². The summed E-state index contributed by atoms with van der Waals surface area (Å²) >= 11 is 0. The van der Waals surface area contributed by atoms with E-state index in [1.54, 1.807) is 37.4 Å². The lowest BCUT2D eigenvalue weighted by atomic mass is 10.1. The van der Waals surface area contributed by atoms with Gasteiger partial charge in [-0.25, -0.2) is 4.90 Å². The molecule has 35 heavy (non-hydrogen) atoms. The van der Waals surface area contributed by atoms with Gasteiger partial charge in [0.1, 0.15) is 6.04 Å². The molecule has 1 aliphatic rings. The first kappa shape index (κ1) is 23.6. The molecule has 2 heterocycles. The minimum atomic E-state index is -0.990. The highest BCUT2D eigenvalue weighted by atomic mass is 16.5. The van der Waals surface area contributed by atoms with Gasteiger partial charge in [-0.05, 0) is 60.5 Å². The van der Waals surface area contributed by atoms with Crippen LogP contribution in [0.5, 0.6) is 11.5 Å². The quantitative estimate of drug-likeness (QED) is 0.462. The van der Waals surface area contributed by atoms with Gasteiger partial charge in [-0.2, -0.15) is 5.26 Å². The van der Waals surface area contributed by atoms with Gasteiger partial charge in [0, 0.05) is 6.54 Å². The molecule has 1 fully saturated rings. The number of benzene rings is 2. The summed E-state index contributed by atoms with van der Waals surface area (Å²) in [6.45, 7) is 0.167. The summed E-state index contributed by atoms with van der Waals surface area (Å²) in [7, 11) is 3.08. The number of hydrogen-bond donors (Lipinski definition) is 0. The summed E-state index contributed by atoms with van der Waals surface area (Å²) in [5.41, 5.74) is 1.63. The number of nitriles is 1. The first-order valence-electron chi connectivity index (χ1n) is 10.9. The summed E-state index contributed by atoms with van der Waals surface area (Å²) in [6.07, 6.45) is 1.63. The summed E-state index contributed by atoms with van der Waals surface area (Å²) in [4.78, 5) is 41.9. The number of rotatable bonds is 8. The number of ether oxygens (including phenoxy) is 2. The third kappa shape index (κ3) is 4.73. The Kier molecular flexibility index (Phi) is 6.83. The maximum atomic E-state index is 13.4. The maximum absolute atomic E-state index is 13.4. The number of amides is 3. The van der Waals surface area contributed by atoms with Crippen molar-refractivity contribution < 1.29 is 28.3 Å². The first-order chi connectivity index (χ1) is 17.0. The molecule has 1 aromatic heterocycles. The van der Waals surface area contributed by atoms with Gasteiger partial charge in [0.2, 0.25) is 5.91 Å². The molecule has 0 saturated carbocycles. The van der Waals surface area contributed by atoms with Crippen molar-refractivity contribution in [2.75, 3.05) is 25.7 Å². The molecule has 1 unspecified atom stereocenters. The van der Waals surface area contributed by atoms with Crippen LogP contribution in [-0.4, -0.2) is 49.4 Å². The average Bonchev–Trinajstić information content (AvgIpc) is 3.52. The molecule has 9 heteroatoms. The van der Waals surface area contributed by atoms with Crippen LogP contribution >= 0.6 is 0 Å². The summed E-state index contributed by atoms with van der Waals surface area (Å²) < 4.78 is 15.9. The molecule has 3 amide bonds. The molecule has 0 bridgehead atoms. The van der Waals surface area contributed by atoms with Crippen molar-refractivity contribution in [1.29, 1.82) is 5.26 Å². The number of nitrogens with zero attached hydrogens (tertiary/aromatic N) is 3. The van der Waals surface area contributed by atoms with Gasteiger partial charge in [-0.3, -0.25) is 14.4 Å². The third-order valence-electron chi connectivity index (χ3n) is 5.84. The van der Waals surface area contributed by atoms with Gasteiger partial charge in [0.25, 0.3) is 11.8 Å². The molecule has 2 aromatic carbocycles. The molecule has 1 aliphatic heterocycles. The molecule has 0 N–H and O–H groups in total. The maximum Gasteiger partial charge on any atom is 0.290 e. The number of carbonyl (C=O) groups excluding carboxylic acids is 3. The Morgan fingerprint density at radius 1 is 1.11 bits per heavy atom. The Bertz CT molecular complexity index is 1280. The Balaban J connectivity index is 1.60. The second-order valence-corrected chi connectivity index (χ2v) is 7.86. The molecule has 0 spiro atoms. The molecule has 4 rings (SSSR count). The van der Waals surface area contributed by atoms with E-state index in [1.165, 1.54) is 36.5 Å². The smallest absolute Gasteiger partial charge is 0.290 e. The Morgan fingerprint density at radius 3 is 2.49 bits per heavy atom. The van der Waals surface area contributed by atoms with Gasteiger partial charge in [-0.1, -0.05) is 6.07 Å². The SMILES string of the molecule is COc1ccc(CCN(C(=O)c2ccco2)C2CC(=O)N(c3ccc(C#N)cc3)C2=O)cc1OC. The standard InChI is InChI=1S/C26H23N3O6/c1-33-21-10-7-17(14-23(21)34-2)11-12-28(26(32)22-4-3-13-35-22)20-15-24(30)29(25(20)31)19-8-5-18(16-27)6-9-19/h3-10,13-14,20H,11-12,15H2,1-2H3. The molecule has 3 aromatic rings. The van der Waals surface area contributed by atoms with E-state index < -0.39 is 23.8 Å². The van der Waals surface area contributed by atoms with Crippen LogP contribution in [0.3, 0.4) is 0 Å². The number of anilines is 1. The first-order valence-corrected chi connectivity index (χ1v) is 10.9. The van der Waals surface area contributed by atoms with E-state index in [2.05, 4.69) is 0 Å². The van der Waals surface area contributed by atoms with Crippen LogP contribution < -0.4 is 14.4 Å². The second kappa shape index (κ2) is 10.1. The zero-order valence-corrected chi connectivity index (χ0v) is 19.3. The number of hydrogen-bond acceptors (Lipinski definition) is 7. The van der Waals surface area contributed by atoms with Crippen LogP contribution in [0.2, 0.25) is 0 Å². The van der Waals surface area contributed by atoms with Gasteiger partial charge in [-0.15, -0.1) is 0 Å². The highest BCUT2D eigenvalue weighted by Crippen LogP contribution is 2.30. The van der Waals surface area contributed by atoms with Crippen LogP contribution in [0.4, 0.5) is 5.69 Å². The summed E-state index contributed by atoms with van der Waals surface area (Å²) in [5, 5.41) is 9.01. The van der Waals surface area contributed by atoms with Crippen molar-refractivity contribution in [2.24, 2.45) is 0 Å².